The Kier molecular flexibility index (Phi) is 7.29. The maximum Gasteiger partial charge on any atom is 0.270 e. The molecule has 4 rings (SSSR count). The summed E-state index contributed by atoms with van der Waals surface area (Å²) in [5.74, 6) is -0.193. The van der Waals surface area contributed by atoms with Gasteiger partial charge in [-0.1, -0.05) is 24.3 Å². The van der Waals surface area contributed by atoms with Crippen LogP contribution < -0.4 is 0 Å². The van der Waals surface area contributed by atoms with E-state index in [1.54, 1.807) is 0 Å². The Hall–Kier alpha value is -5.38. The van der Waals surface area contributed by atoms with Crippen molar-refractivity contribution in [2.24, 2.45) is 9.98 Å². The second-order valence-corrected chi connectivity index (χ2v) is 8.03. The van der Waals surface area contributed by atoms with Gasteiger partial charge in [0, 0.05) is 47.8 Å². The molecule has 10 heteroatoms. The van der Waals surface area contributed by atoms with Crippen molar-refractivity contribution in [1.82, 2.24) is 0 Å². The molecule has 0 heterocycles. The lowest BCUT2D eigenvalue weighted by molar-refractivity contribution is -0.385. The van der Waals surface area contributed by atoms with Gasteiger partial charge in [-0.15, -0.1) is 0 Å². The minimum absolute atomic E-state index is 0.0966. The van der Waals surface area contributed by atoms with E-state index >= 15 is 0 Å². The number of phenolic OH excluding ortho intramolecular Hbond substituents is 2. The SMILES string of the molecule is O=[N+]([O-])c1ccc(O)c(C=Nc2ccc(Cc3ccc(N=Cc4cc([N+](=O)[O-])ccc4O)cc3)cc2)c1. The molecule has 0 aliphatic rings. The molecule has 184 valence electrons. The Morgan fingerprint density at radius 3 is 1.35 bits per heavy atom. The third-order valence-corrected chi connectivity index (χ3v) is 5.43. The molecule has 4 aromatic carbocycles. The molecule has 0 aliphatic carbocycles. The fourth-order valence-electron chi connectivity index (χ4n) is 3.44. The summed E-state index contributed by atoms with van der Waals surface area (Å²) < 4.78 is 0. The van der Waals surface area contributed by atoms with Gasteiger partial charge in [-0.3, -0.25) is 30.2 Å². The van der Waals surface area contributed by atoms with E-state index in [0.717, 1.165) is 11.1 Å². The molecule has 0 aliphatic heterocycles. The van der Waals surface area contributed by atoms with Crippen molar-refractivity contribution in [3.05, 3.63) is 127 Å². The molecule has 0 amide bonds. The van der Waals surface area contributed by atoms with E-state index in [-0.39, 0.29) is 34.0 Å². The molecule has 0 atom stereocenters. The number of nitrogens with zero attached hydrogens (tertiary/aromatic N) is 4. The number of nitro groups is 2. The van der Waals surface area contributed by atoms with Crippen molar-refractivity contribution in [3.8, 4) is 11.5 Å². The largest absolute Gasteiger partial charge is 0.507 e. The second kappa shape index (κ2) is 10.9. The van der Waals surface area contributed by atoms with Gasteiger partial charge in [0.15, 0.2) is 0 Å². The molecule has 10 nitrogen and oxygen atoms in total. The Labute approximate surface area is 210 Å². The Balaban J connectivity index is 1.40. The highest BCUT2D eigenvalue weighted by Gasteiger charge is 2.10. The van der Waals surface area contributed by atoms with E-state index < -0.39 is 9.85 Å². The molecular formula is C27H20N4O6. The highest BCUT2D eigenvalue weighted by molar-refractivity contribution is 5.87. The van der Waals surface area contributed by atoms with Crippen molar-refractivity contribution in [1.29, 1.82) is 0 Å². The molecule has 0 saturated heterocycles. The van der Waals surface area contributed by atoms with Gasteiger partial charge in [0.25, 0.3) is 11.4 Å². The Morgan fingerprint density at radius 1 is 0.622 bits per heavy atom. The van der Waals surface area contributed by atoms with Crippen LogP contribution in [0.25, 0.3) is 0 Å². The number of aliphatic imine (C=N–C) groups is 2. The fraction of sp³-hybridized carbons (Fsp3) is 0.0370. The molecule has 37 heavy (non-hydrogen) atoms. The number of rotatable bonds is 8. The van der Waals surface area contributed by atoms with Crippen molar-refractivity contribution in [2.45, 2.75) is 6.42 Å². The average molecular weight is 496 g/mol. The van der Waals surface area contributed by atoms with Crippen LogP contribution in [0.1, 0.15) is 22.3 Å². The predicted octanol–water partition coefficient (Wildman–Crippen LogP) is 6.01. The summed E-state index contributed by atoms with van der Waals surface area (Å²) in [5, 5.41) is 41.6. The quantitative estimate of drug-likeness (QED) is 0.173. The van der Waals surface area contributed by atoms with Crippen LogP contribution >= 0.6 is 0 Å². The number of benzene rings is 4. The number of non-ortho nitro benzene ring substituents is 2. The van der Waals surface area contributed by atoms with Crippen LogP contribution in [0.5, 0.6) is 11.5 Å². The van der Waals surface area contributed by atoms with Gasteiger partial charge in [0.2, 0.25) is 0 Å². The molecule has 0 spiro atoms. The highest BCUT2D eigenvalue weighted by Crippen LogP contribution is 2.24. The molecule has 0 fully saturated rings. The van der Waals surface area contributed by atoms with E-state index in [1.807, 2.05) is 48.5 Å². The summed E-state index contributed by atoms with van der Waals surface area (Å²) in [6.45, 7) is 0. The van der Waals surface area contributed by atoms with Crippen molar-refractivity contribution < 1.29 is 20.1 Å². The summed E-state index contributed by atoms with van der Waals surface area (Å²) in [6.07, 6.45) is 3.42. The molecule has 2 N–H and O–H groups in total. The van der Waals surface area contributed by atoms with Crippen LogP contribution in [0.15, 0.2) is 94.9 Å². The monoisotopic (exact) mass is 496 g/mol. The Morgan fingerprint density at radius 2 is 1.00 bits per heavy atom. The number of phenols is 2. The second-order valence-electron chi connectivity index (χ2n) is 8.03. The maximum absolute atomic E-state index is 10.9. The van der Waals surface area contributed by atoms with Crippen molar-refractivity contribution >= 4 is 35.2 Å². The van der Waals surface area contributed by atoms with E-state index in [9.17, 15) is 30.4 Å². The standard InChI is InChI=1S/C27H20N4O6/c32-26-11-9-24(30(34)35)14-20(26)16-28-22-5-1-18(2-6-22)13-19-3-7-23(8-4-19)29-17-21-15-25(31(36)37)10-12-27(21)33/h1-12,14-17,32-33H,13H2. The van der Waals surface area contributed by atoms with Gasteiger partial charge in [-0.25, -0.2) is 0 Å². The summed E-state index contributed by atoms with van der Waals surface area (Å²) in [5.41, 5.74) is 3.57. The van der Waals surface area contributed by atoms with Gasteiger partial charge in [0.1, 0.15) is 11.5 Å². The first kappa shape index (κ1) is 24.7. The van der Waals surface area contributed by atoms with Crippen LogP contribution in [0.2, 0.25) is 0 Å². The summed E-state index contributed by atoms with van der Waals surface area (Å²) in [4.78, 5) is 29.3. The smallest absolute Gasteiger partial charge is 0.270 e. The van der Waals surface area contributed by atoms with Crippen LogP contribution in [0.3, 0.4) is 0 Å². The first-order chi connectivity index (χ1) is 17.8. The minimum atomic E-state index is -0.535. The fourth-order valence-corrected chi connectivity index (χ4v) is 3.44. The van der Waals surface area contributed by atoms with Crippen molar-refractivity contribution in [2.75, 3.05) is 0 Å². The van der Waals surface area contributed by atoms with Crippen LogP contribution in [0, 0.1) is 20.2 Å². The van der Waals surface area contributed by atoms with Crippen molar-refractivity contribution in [3.63, 3.8) is 0 Å². The molecule has 0 saturated carbocycles. The topological polar surface area (TPSA) is 151 Å². The summed E-state index contributed by atoms with van der Waals surface area (Å²) in [7, 11) is 0. The number of aromatic hydroxyl groups is 2. The lowest BCUT2D eigenvalue weighted by Crippen LogP contribution is -1.90. The van der Waals surface area contributed by atoms with Crippen LogP contribution in [-0.4, -0.2) is 32.5 Å². The van der Waals surface area contributed by atoms with Gasteiger partial charge in [-0.2, -0.15) is 0 Å². The van der Waals surface area contributed by atoms with E-state index in [0.29, 0.717) is 17.8 Å². The zero-order valence-corrected chi connectivity index (χ0v) is 19.3. The molecular weight excluding hydrogens is 476 g/mol. The molecule has 0 unspecified atom stereocenters. The van der Waals surface area contributed by atoms with Gasteiger partial charge < -0.3 is 10.2 Å². The first-order valence-electron chi connectivity index (χ1n) is 11.0. The van der Waals surface area contributed by atoms with Crippen LogP contribution in [-0.2, 0) is 6.42 Å². The summed E-state index contributed by atoms with van der Waals surface area (Å²) >= 11 is 0. The lowest BCUT2D eigenvalue weighted by atomic mass is 10.0. The number of hydrogen-bond acceptors (Lipinski definition) is 8. The van der Waals surface area contributed by atoms with E-state index in [4.69, 9.17) is 0 Å². The Bertz CT molecular complexity index is 1400. The third-order valence-electron chi connectivity index (χ3n) is 5.43. The first-order valence-corrected chi connectivity index (χ1v) is 11.0. The predicted molar refractivity (Wildman–Crippen MR) is 140 cm³/mol. The van der Waals surface area contributed by atoms with Gasteiger partial charge in [0.05, 0.1) is 21.2 Å². The normalized spacial score (nSPS) is 11.2. The molecule has 0 radical (unpaired) electrons. The number of hydrogen-bond donors (Lipinski definition) is 2. The maximum atomic E-state index is 10.9. The van der Waals surface area contributed by atoms with E-state index in [2.05, 4.69) is 9.98 Å². The zero-order chi connectivity index (χ0) is 26.4. The van der Waals surface area contributed by atoms with Gasteiger partial charge >= 0.3 is 0 Å². The highest BCUT2D eigenvalue weighted by atomic mass is 16.6. The third kappa shape index (κ3) is 6.40. The van der Waals surface area contributed by atoms with Crippen LogP contribution in [0.4, 0.5) is 22.7 Å². The molecule has 4 aromatic rings. The number of nitro benzene ring substituents is 2. The molecule has 0 bridgehead atoms. The zero-order valence-electron chi connectivity index (χ0n) is 19.3. The average Bonchev–Trinajstić information content (AvgIpc) is 2.89. The summed E-state index contributed by atoms with van der Waals surface area (Å²) in [6, 6.07) is 22.4. The van der Waals surface area contributed by atoms with E-state index in [1.165, 1.54) is 48.8 Å². The lowest BCUT2D eigenvalue weighted by Gasteiger charge is -2.04. The molecule has 0 aromatic heterocycles. The van der Waals surface area contributed by atoms with Gasteiger partial charge in [-0.05, 0) is 53.9 Å². The minimum Gasteiger partial charge on any atom is -0.507 e.